The normalized spacial score (nSPS) is 18.2. The van der Waals surface area contributed by atoms with Crippen LogP contribution in [0.4, 0.5) is 0 Å². The van der Waals surface area contributed by atoms with E-state index in [4.69, 9.17) is 4.74 Å². The van der Waals surface area contributed by atoms with Crippen LogP contribution in [-0.4, -0.2) is 25.0 Å². The fourth-order valence-corrected chi connectivity index (χ4v) is 1.52. The highest BCUT2D eigenvalue weighted by Crippen LogP contribution is 2.29. The second-order valence-corrected chi connectivity index (χ2v) is 3.25. The molecule has 0 amide bonds. The van der Waals surface area contributed by atoms with E-state index in [1.54, 1.807) is 24.3 Å². The van der Waals surface area contributed by atoms with Crippen molar-refractivity contribution in [1.29, 1.82) is 0 Å². The van der Waals surface area contributed by atoms with Crippen molar-refractivity contribution < 1.29 is 19.1 Å². The highest BCUT2D eigenvalue weighted by atomic mass is 16.5. The second-order valence-electron chi connectivity index (χ2n) is 3.25. The van der Waals surface area contributed by atoms with Crippen LogP contribution >= 0.6 is 0 Å². The number of ketones is 1. The predicted octanol–water partition coefficient (Wildman–Crippen LogP) is 1.19. The van der Waals surface area contributed by atoms with Gasteiger partial charge in [-0.3, -0.25) is 9.59 Å². The van der Waals surface area contributed by atoms with Crippen molar-refractivity contribution in [3.63, 3.8) is 0 Å². The van der Waals surface area contributed by atoms with Gasteiger partial charge in [-0.15, -0.1) is 0 Å². The van der Waals surface area contributed by atoms with Gasteiger partial charge < -0.3 is 9.47 Å². The van der Waals surface area contributed by atoms with Gasteiger partial charge in [-0.2, -0.15) is 0 Å². The molecule has 0 aliphatic carbocycles. The third-order valence-electron chi connectivity index (χ3n) is 2.29. The Morgan fingerprint density at radius 2 is 2.20 bits per heavy atom. The van der Waals surface area contributed by atoms with E-state index in [1.165, 1.54) is 7.11 Å². The number of benzene rings is 1. The molecule has 0 radical (unpaired) electrons. The molecular weight excluding hydrogens is 196 g/mol. The number of ether oxygens (including phenoxy) is 2. The molecule has 1 aromatic rings. The maximum atomic E-state index is 11.7. The monoisotopic (exact) mass is 206 g/mol. The molecule has 1 aliphatic rings. The summed E-state index contributed by atoms with van der Waals surface area (Å²) in [4.78, 5) is 22.7. The van der Waals surface area contributed by atoms with Gasteiger partial charge in [0.05, 0.1) is 19.1 Å². The third-order valence-corrected chi connectivity index (χ3v) is 2.29. The Morgan fingerprint density at radius 1 is 1.47 bits per heavy atom. The van der Waals surface area contributed by atoms with Crippen LogP contribution in [0.3, 0.4) is 0 Å². The minimum Gasteiger partial charge on any atom is -0.481 e. The van der Waals surface area contributed by atoms with E-state index in [-0.39, 0.29) is 12.2 Å². The molecule has 0 spiro atoms. The molecule has 1 aromatic carbocycles. The van der Waals surface area contributed by atoms with Crippen LogP contribution in [0.1, 0.15) is 16.8 Å². The summed E-state index contributed by atoms with van der Waals surface area (Å²) in [6.45, 7) is 0. The smallest absolute Gasteiger partial charge is 0.309 e. The van der Waals surface area contributed by atoms with E-state index < -0.39 is 12.1 Å². The fourth-order valence-electron chi connectivity index (χ4n) is 1.52. The lowest BCUT2D eigenvalue weighted by Crippen LogP contribution is -2.24. The Bertz CT molecular complexity index is 411. The van der Waals surface area contributed by atoms with Crippen molar-refractivity contribution in [2.24, 2.45) is 0 Å². The van der Waals surface area contributed by atoms with E-state index in [1.807, 2.05) is 0 Å². The van der Waals surface area contributed by atoms with Gasteiger partial charge in [-0.05, 0) is 12.1 Å². The number of Topliss-reactive ketones (excluding diaryl/α,β-unsaturated/α-hetero) is 1. The zero-order chi connectivity index (χ0) is 10.8. The number of carbonyl (C=O) groups excluding carboxylic acids is 2. The second kappa shape index (κ2) is 3.73. The molecule has 0 fully saturated rings. The van der Waals surface area contributed by atoms with Crippen LogP contribution in [0.2, 0.25) is 0 Å². The largest absolute Gasteiger partial charge is 0.481 e. The van der Waals surface area contributed by atoms with E-state index in [0.29, 0.717) is 11.3 Å². The minimum atomic E-state index is -0.727. The molecule has 0 bridgehead atoms. The zero-order valence-corrected chi connectivity index (χ0v) is 8.23. The van der Waals surface area contributed by atoms with Crippen LogP contribution in [0.5, 0.6) is 5.75 Å². The molecule has 4 nitrogen and oxygen atoms in total. The molecule has 1 heterocycles. The highest BCUT2D eigenvalue weighted by molar-refractivity contribution is 6.05. The van der Waals surface area contributed by atoms with E-state index in [0.717, 1.165) is 0 Å². The number of methoxy groups -OCH3 is 1. The first-order valence-corrected chi connectivity index (χ1v) is 4.59. The third kappa shape index (κ3) is 1.70. The number of carbonyl (C=O) groups is 2. The molecule has 0 aromatic heterocycles. The van der Waals surface area contributed by atoms with Crippen LogP contribution in [0, 0.1) is 0 Å². The summed E-state index contributed by atoms with van der Waals surface area (Å²) in [5, 5.41) is 0. The number of hydrogen-bond donors (Lipinski definition) is 0. The Kier molecular flexibility index (Phi) is 2.41. The fraction of sp³-hybridized carbons (Fsp3) is 0.273. The number of para-hydroxylation sites is 1. The van der Waals surface area contributed by atoms with Gasteiger partial charge in [-0.1, -0.05) is 12.1 Å². The topological polar surface area (TPSA) is 52.6 Å². The first-order valence-electron chi connectivity index (χ1n) is 4.59. The predicted molar refractivity (Wildman–Crippen MR) is 51.8 cm³/mol. The van der Waals surface area contributed by atoms with E-state index in [2.05, 4.69) is 4.74 Å². The Balaban J connectivity index is 2.17. The van der Waals surface area contributed by atoms with Gasteiger partial charge >= 0.3 is 5.97 Å². The summed E-state index contributed by atoms with van der Waals surface area (Å²) in [6, 6.07) is 6.95. The SMILES string of the molecule is COC(=O)C[C@H]1Oc2ccccc2C1=O. The standard InChI is InChI=1S/C11H10O4/c1-14-10(12)6-9-11(13)7-4-2-3-5-8(7)15-9/h2-5,9H,6H2,1H3/t9-/m1/s1. The molecule has 0 saturated carbocycles. The lowest BCUT2D eigenvalue weighted by molar-refractivity contribution is -0.141. The van der Waals surface area contributed by atoms with Gasteiger partial charge in [0.2, 0.25) is 5.78 Å². The average molecular weight is 206 g/mol. The Labute approximate surface area is 86.8 Å². The molecular formula is C11H10O4. The van der Waals surface area contributed by atoms with Crippen molar-refractivity contribution >= 4 is 11.8 Å². The summed E-state index contributed by atoms with van der Waals surface area (Å²) >= 11 is 0. The summed E-state index contributed by atoms with van der Waals surface area (Å²) in [7, 11) is 1.29. The number of hydrogen-bond acceptors (Lipinski definition) is 4. The maximum absolute atomic E-state index is 11.7. The van der Waals surface area contributed by atoms with Gasteiger partial charge in [0.25, 0.3) is 0 Å². The minimum absolute atomic E-state index is 0.0377. The van der Waals surface area contributed by atoms with Crippen LogP contribution in [-0.2, 0) is 9.53 Å². The molecule has 4 heteroatoms. The maximum Gasteiger partial charge on any atom is 0.309 e. The summed E-state index contributed by atoms with van der Waals surface area (Å²) in [5.41, 5.74) is 0.534. The van der Waals surface area contributed by atoms with Crippen LogP contribution in [0.25, 0.3) is 0 Å². The van der Waals surface area contributed by atoms with Crippen molar-refractivity contribution in [1.82, 2.24) is 0 Å². The van der Waals surface area contributed by atoms with E-state index in [9.17, 15) is 9.59 Å². The molecule has 1 atom stereocenters. The van der Waals surface area contributed by atoms with Gasteiger partial charge in [-0.25, -0.2) is 0 Å². The molecule has 0 N–H and O–H groups in total. The quantitative estimate of drug-likeness (QED) is 0.682. The molecule has 0 saturated heterocycles. The first-order chi connectivity index (χ1) is 7.22. The van der Waals surface area contributed by atoms with Crippen molar-refractivity contribution in [2.75, 3.05) is 7.11 Å². The van der Waals surface area contributed by atoms with Gasteiger partial charge in [0, 0.05) is 0 Å². The lowest BCUT2D eigenvalue weighted by Gasteiger charge is -2.06. The molecule has 1 aliphatic heterocycles. The van der Waals surface area contributed by atoms with Crippen molar-refractivity contribution in [2.45, 2.75) is 12.5 Å². The molecule has 78 valence electrons. The first kappa shape index (κ1) is 9.71. The molecule has 15 heavy (non-hydrogen) atoms. The van der Waals surface area contributed by atoms with Crippen LogP contribution < -0.4 is 4.74 Å². The number of rotatable bonds is 2. The number of fused-ring (bicyclic) bond motifs is 1. The zero-order valence-electron chi connectivity index (χ0n) is 8.23. The molecule has 0 unspecified atom stereocenters. The Hall–Kier alpha value is -1.84. The summed E-state index contributed by atoms with van der Waals surface area (Å²) in [5.74, 6) is -0.0615. The molecule has 2 rings (SSSR count). The van der Waals surface area contributed by atoms with Gasteiger partial charge in [0.15, 0.2) is 6.10 Å². The lowest BCUT2D eigenvalue weighted by atomic mass is 10.1. The van der Waals surface area contributed by atoms with Crippen molar-refractivity contribution in [3.8, 4) is 5.75 Å². The van der Waals surface area contributed by atoms with Gasteiger partial charge in [0.1, 0.15) is 5.75 Å². The summed E-state index contributed by atoms with van der Waals surface area (Å²) < 4.78 is 9.83. The summed E-state index contributed by atoms with van der Waals surface area (Å²) in [6.07, 6.45) is -0.765. The highest BCUT2D eigenvalue weighted by Gasteiger charge is 2.33. The van der Waals surface area contributed by atoms with E-state index >= 15 is 0 Å². The number of esters is 1. The Morgan fingerprint density at radius 3 is 2.87 bits per heavy atom. The van der Waals surface area contributed by atoms with Crippen LogP contribution in [0.15, 0.2) is 24.3 Å². The van der Waals surface area contributed by atoms with Crippen molar-refractivity contribution in [3.05, 3.63) is 29.8 Å². The average Bonchev–Trinajstić information content (AvgIpc) is 2.57.